The maximum Gasteiger partial charge on any atom is 0.181 e. The average Bonchev–Trinajstić information content (AvgIpc) is 2.43. The van der Waals surface area contributed by atoms with Gasteiger partial charge in [0.15, 0.2) is 16.8 Å². The number of halogens is 2. The average molecular weight is 288 g/mol. The molecular weight excluding hydrogens is 277 g/mol. The number of pyridine rings is 1. The third-order valence-electron chi connectivity index (χ3n) is 3.06. The highest BCUT2D eigenvalue weighted by atomic mass is 35.5. The van der Waals surface area contributed by atoms with Gasteiger partial charge in [0.2, 0.25) is 0 Å². The zero-order chi connectivity index (χ0) is 14.3. The van der Waals surface area contributed by atoms with E-state index in [1.165, 1.54) is 0 Å². The van der Waals surface area contributed by atoms with Gasteiger partial charge in [-0.25, -0.2) is 14.4 Å². The summed E-state index contributed by atoms with van der Waals surface area (Å²) in [4.78, 5) is 12.6. The first-order chi connectivity index (χ1) is 9.54. The fraction of sp³-hybridized carbons (Fsp3) is 0.133. The molecule has 0 amide bonds. The zero-order valence-corrected chi connectivity index (χ0v) is 11.7. The fourth-order valence-electron chi connectivity index (χ4n) is 2.02. The molecule has 2 heterocycles. The van der Waals surface area contributed by atoms with E-state index in [1.54, 1.807) is 6.92 Å². The van der Waals surface area contributed by atoms with Crippen molar-refractivity contribution in [1.82, 2.24) is 15.0 Å². The van der Waals surface area contributed by atoms with Crippen LogP contribution in [0.4, 0.5) is 4.39 Å². The van der Waals surface area contributed by atoms with Crippen molar-refractivity contribution in [3.05, 3.63) is 52.7 Å². The minimum atomic E-state index is -0.575. The van der Waals surface area contributed by atoms with Crippen LogP contribution >= 0.6 is 11.6 Å². The van der Waals surface area contributed by atoms with Gasteiger partial charge in [0, 0.05) is 16.6 Å². The molecule has 0 aliphatic carbocycles. The van der Waals surface area contributed by atoms with Crippen LogP contribution in [0, 0.1) is 19.7 Å². The number of benzene rings is 1. The summed E-state index contributed by atoms with van der Waals surface area (Å²) in [5, 5.41) is 0.824. The second-order valence-corrected chi connectivity index (χ2v) is 4.96. The maximum absolute atomic E-state index is 13.5. The molecule has 0 radical (unpaired) electrons. The molecule has 1 aromatic carbocycles. The molecule has 0 atom stereocenters. The molecule has 3 aromatic rings. The second kappa shape index (κ2) is 4.80. The van der Waals surface area contributed by atoms with Crippen LogP contribution in [0.3, 0.4) is 0 Å². The summed E-state index contributed by atoms with van der Waals surface area (Å²) >= 11 is 5.77. The highest BCUT2D eigenvalue weighted by molar-refractivity contribution is 6.29. The predicted octanol–water partition coefficient (Wildman–Crippen LogP) is 4.10. The molecule has 100 valence electrons. The van der Waals surface area contributed by atoms with E-state index in [0.717, 1.165) is 22.2 Å². The number of aromatic nitrogens is 3. The van der Waals surface area contributed by atoms with E-state index in [-0.39, 0.29) is 10.8 Å². The van der Waals surface area contributed by atoms with Gasteiger partial charge in [-0.3, -0.25) is 4.98 Å². The van der Waals surface area contributed by atoms with Crippen molar-refractivity contribution in [1.29, 1.82) is 0 Å². The quantitative estimate of drug-likeness (QED) is 0.633. The van der Waals surface area contributed by atoms with Crippen molar-refractivity contribution in [3.63, 3.8) is 0 Å². The van der Waals surface area contributed by atoms with E-state index in [1.807, 2.05) is 37.3 Å². The van der Waals surface area contributed by atoms with Crippen LogP contribution in [0.25, 0.3) is 22.3 Å². The summed E-state index contributed by atoms with van der Waals surface area (Å²) in [6.07, 6.45) is 0. The third kappa shape index (κ3) is 2.23. The molecule has 0 aliphatic rings. The molecule has 2 aromatic heterocycles. The molecule has 0 saturated carbocycles. The lowest BCUT2D eigenvalue weighted by Crippen LogP contribution is -1.97. The van der Waals surface area contributed by atoms with Crippen molar-refractivity contribution in [2.45, 2.75) is 13.8 Å². The first-order valence-electron chi connectivity index (χ1n) is 6.12. The molecule has 0 spiro atoms. The molecule has 5 heteroatoms. The van der Waals surface area contributed by atoms with Crippen LogP contribution in [0.15, 0.2) is 30.3 Å². The lowest BCUT2D eigenvalue weighted by Gasteiger charge is -2.05. The van der Waals surface area contributed by atoms with Gasteiger partial charge in [0.05, 0.1) is 11.2 Å². The van der Waals surface area contributed by atoms with Crippen LogP contribution in [-0.4, -0.2) is 15.0 Å². The normalized spacial score (nSPS) is 11.0. The van der Waals surface area contributed by atoms with Gasteiger partial charge >= 0.3 is 0 Å². The standard InChI is InChI=1S/C15H11ClFN3/c1-8-3-4-10-7-11(5-6-12(10)18-8)15-19-9(2)13(17)14(16)20-15/h3-7H,1-2H3. The first-order valence-corrected chi connectivity index (χ1v) is 6.50. The molecule has 0 saturated heterocycles. The largest absolute Gasteiger partial charge is 0.253 e. The molecule has 3 rings (SSSR count). The Morgan fingerprint density at radius 2 is 1.80 bits per heavy atom. The molecule has 3 nitrogen and oxygen atoms in total. The Morgan fingerprint density at radius 3 is 2.55 bits per heavy atom. The molecule has 0 N–H and O–H groups in total. The molecule has 20 heavy (non-hydrogen) atoms. The molecule has 0 bridgehead atoms. The number of nitrogens with zero attached hydrogens (tertiary/aromatic N) is 3. The molecule has 0 unspecified atom stereocenters. The minimum Gasteiger partial charge on any atom is -0.253 e. The van der Waals surface area contributed by atoms with Gasteiger partial charge in [-0.15, -0.1) is 0 Å². The number of fused-ring (bicyclic) bond motifs is 1. The highest BCUT2D eigenvalue weighted by Crippen LogP contribution is 2.24. The Labute approximate surface area is 120 Å². The Hall–Kier alpha value is -2.07. The molecule has 0 fully saturated rings. The van der Waals surface area contributed by atoms with E-state index in [0.29, 0.717) is 5.82 Å². The number of hydrogen-bond donors (Lipinski definition) is 0. The van der Waals surface area contributed by atoms with Gasteiger partial charge in [-0.2, -0.15) is 0 Å². The predicted molar refractivity (Wildman–Crippen MR) is 77.2 cm³/mol. The van der Waals surface area contributed by atoms with Crippen LogP contribution in [-0.2, 0) is 0 Å². The first kappa shape index (κ1) is 12.9. The fourth-order valence-corrected chi connectivity index (χ4v) is 2.24. The summed E-state index contributed by atoms with van der Waals surface area (Å²) in [6.45, 7) is 3.51. The topological polar surface area (TPSA) is 38.7 Å². The van der Waals surface area contributed by atoms with E-state index < -0.39 is 5.82 Å². The maximum atomic E-state index is 13.5. The Morgan fingerprint density at radius 1 is 1.00 bits per heavy atom. The van der Waals surface area contributed by atoms with Crippen molar-refractivity contribution >= 4 is 22.5 Å². The number of hydrogen-bond acceptors (Lipinski definition) is 3. The Balaban J connectivity index is 2.17. The van der Waals surface area contributed by atoms with E-state index in [9.17, 15) is 4.39 Å². The second-order valence-electron chi connectivity index (χ2n) is 4.60. The van der Waals surface area contributed by atoms with Crippen LogP contribution in [0.1, 0.15) is 11.4 Å². The number of aryl methyl sites for hydroxylation is 2. The summed E-state index contributed by atoms with van der Waals surface area (Å²) in [6, 6.07) is 9.60. The summed E-state index contributed by atoms with van der Waals surface area (Å²) in [5.41, 5.74) is 2.89. The van der Waals surface area contributed by atoms with Crippen LogP contribution in [0.2, 0.25) is 5.15 Å². The third-order valence-corrected chi connectivity index (χ3v) is 3.31. The lowest BCUT2D eigenvalue weighted by atomic mass is 10.1. The summed E-state index contributed by atoms with van der Waals surface area (Å²) in [5.74, 6) is -0.162. The van der Waals surface area contributed by atoms with Crippen molar-refractivity contribution in [2.75, 3.05) is 0 Å². The van der Waals surface area contributed by atoms with Gasteiger partial charge in [-0.05, 0) is 38.1 Å². The number of rotatable bonds is 1. The van der Waals surface area contributed by atoms with Crippen LogP contribution < -0.4 is 0 Å². The van der Waals surface area contributed by atoms with E-state index >= 15 is 0 Å². The monoisotopic (exact) mass is 287 g/mol. The van der Waals surface area contributed by atoms with E-state index in [2.05, 4.69) is 15.0 Å². The molecule has 0 aliphatic heterocycles. The SMILES string of the molecule is Cc1ccc2cc(-c3nc(C)c(F)c(Cl)n3)ccc2n1. The van der Waals surface area contributed by atoms with Crippen molar-refractivity contribution in [3.8, 4) is 11.4 Å². The smallest absolute Gasteiger partial charge is 0.181 e. The molecular formula is C15H11ClFN3. The minimum absolute atomic E-state index is 0.158. The zero-order valence-electron chi connectivity index (χ0n) is 11.0. The van der Waals surface area contributed by atoms with Gasteiger partial charge in [0.1, 0.15) is 0 Å². The van der Waals surface area contributed by atoms with Crippen molar-refractivity contribution in [2.24, 2.45) is 0 Å². The summed E-state index contributed by atoms with van der Waals surface area (Å²) in [7, 11) is 0. The van der Waals surface area contributed by atoms with E-state index in [4.69, 9.17) is 11.6 Å². The van der Waals surface area contributed by atoms with Gasteiger partial charge in [0.25, 0.3) is 0 Å². The Bertz CT molecular complexity index is 794. The highest BCUT2D eigenvalue weighted by Gasteiger charge is 2.11. The van der Waals surface area contributed by atoms with Crippen molar-refractivity contribution < 1.29 is 4.39 Å². The Kier molecular flexibility index (Phi) is 3.10. The summed E-state index contributed by atoms with van der Waals surface area (Å²) < 4.78 is 13.5. The lowest BCUT2D eigenvalue weighted by molar-refractivity contribution is 0.603. The van der Waals surface area contributed by atoms with Gasteiger partial charge < -0.3 is 0 Å². The van der Waals surface area contributed by atoms with Crippen LogP contribution in [0.5, 0.6) is 0 Å². The van der Waals surface area contributed by atoms with Gasteiger partial charge in [-0.1, -0.05) is 17.7 Å².